The summed E-state index contributed by atoms with van der Waals surface area (Å²) in [5, 5.41) is 8.42. The van der Waals surface area contributed by atoms with Gasteiger partial charge in [-0.25, -0.2) is 0 Å². The molecule has 1 N–H and O–H groups in total. The number of para-hydroxylation sites is 1. The van der Waals surface area contributed by atoms with E-state index in [0.717, 1.165) is 44.4 Å². The van der Waals surface area contributed by atoms with Crippen LogP contribution in [0, 0.1) is 0 Å². The first-order chi connectivity index (χ1) is 19.1. The minimum atomic E-state index is -0.0432. The smallest absolute Gasteiger partial charge is 0.158 e. The van der Waals surface area contributed by atoms with Crippen molar-refractivity contribution in [2.24, 2.45) is 0 Å². The van der Waals surface area contributed by atoms with Crippen molar-refractivity contribution in [2.45, 2.75) is 19.3 Å². The van der Waals surface area contributed by atoms with Gasteiger partial charge in [0.1, 0.15) is 5.58 Å². The van der Waals surface area contributed by atoms with E-state index < -0.39 is 0 Å². The van der Waals surface area contributed by atoms with E-state index in [2.05, 4.69) is 140 Å². The summed E-state index contributed by atoms with van der Waals surface area (Å²) in [4.78, 5) is 0. The lowest BCUT2D eigenvalue weighted by atomic mass is 9.82. The summed E-state index contributed by atoms with van der Waals surface area (Å²) in [6.07, 6.45) is 0. The number of hydrogen-bond donors (Lipinski definition) is 1. The van der Waals surface area contributed by atoms with E-state index >= 15 is 0 Å². The summed E-state index contributed by atoms with van der Waals surface area (Å²) in [5.41, 5.74) is 11.5. The van der Waals surface area contributed by atoms with Crippen LogP contribution in [-0.4, -0.2) is 0 Å². The number of anilines is 2. The first-order valence-corrected chi connectivity index (χ1v) is 13.5. The lowest BCUT2D eigenvalue weighted by Crippen LogP contribution is -2.15. The molecule has 1 aliphatic rings. The average molecular weight is 502 g/mol. The van der Waals surface area contributed by atoms with E-state index in [1.165, 1.54) is 33.0 Å². The van der Waals surface area contributed by atoms with Gasteiger partial charge in [-0.2, -0.15) is 0 Å². The van der Waals surface area contributed by atoms with Gasteiger partial charge >= 0.3 is 0 Å². The van der Waals surface area contributed by atoms with E-state index in [-0.39, 0.29) is 5.41 Å². The molecule has 6 aromatic carbocycles. The van der Waals surface area contributed by atoms with Gasteiger partial charge in [-0.15, -0.1) is 0 Å². The Bertz CT molecular complexity index is 2060. The predicted octanol–water partition coefficient (Wildman–Crippen LogP) is 10.5. The maximum atomic E-state index is 6.77. The van der Waals surface area contributed by atoms with Gasteiger partial charge in [0.05, 0.1) is 5.69 Å². The highest BCUT2D eigenvalue weighted by Crippen LogP contribution is 2.50. The van der Waals surface area contributed by atoms with Crippen molar-refractivity contribution in [1.82, 2.24) is 0 Å². The second kappa shape index (κ2) is 8.09. The molecular formula is C37H27NO. The molecule has 186 valence electrons. The second-order valence-corrected chi connectivity index (χ2v) is 11.1. The zero-order chi connectivity index (χ0) is 26.1. The number of fused-ring (bicyclic) bond motifs is 8. The summed E-state index contributed by atoms with van der Waals surface area (Å²) >= 11 is 0. The molecule has 0 bridgehead atoms. The molecule has 0 saturated heterocycles. The van der Waals surface area contributed by atoms with Crippen molar-refractivity contribution >= 4 is 44.1 Å². The van der Waals surface area contributed by atoms with Gasteiger partial charge in [-0.05, 0) is 62.9 Å². The standard InChI is InChI=1S/C37H27NO/c1-37(2)31-17-9-8-15-27(31)28-20-19-25(22-32(28)37)38-33-18-10-16-29-34-26-14-7-6-13-24(26)21-30(36(34)39-35(29)33)23-11-4-3-5-12-23/h3-22,38H,1-2H3. The quantitative estimate of drug-likeness (QED) is 0.260. The van der Waals surface area contributed by atoms with Crippen molar-refractivity contribution in [3.05, 3.63) is 132 Å². The Labute approximate surface area is 227 Å². The highest BCUT2D eigenvalue weighted by molar-refractivity contribution is 6.24. The van der Waals surface area contributed by atoms with Crippen molar-refractivity contribution in [2.75, 3.05) is 5.32 Å². The van der Waals surface area contributed by atoms with Crippen LogP contribution in [0.15, 0.2) is 126 Å². The van der Waals surface area contributed by atoms with Crippen molar-refractivity contribution < 1.29 is 4.42 Å². The maximum absolute atomic E-state index is 6.77. The fourth-order valence-corrected chi connectivity index (χ4v) is 6.52. The zero-order valence-electron chi connectivity index (χ0n) is 22.0. The molecule has 0 saturated carbocycles. The van der Waals surface area contributed by atoms with Gasteiger partial charge in [-0.1, -0.05) is 111 Å². The van der Waals surface area contributed by atoms with Crippen LogP contribution in [0.1, 0.15) is 25.0 Å². The third kappa shape index (κ3) is 3.21. The minimum absolute atomic E-state index is 0.0432. The second-order valence-electron chi connectivity index (χ2n) is 11.1. The van der Waals surface area contributed by atoms with E-state index in [0.29, 0.717) is 0 Å². The molecule has 0 unspecified atom stereocenters. The van der Waals surface area contributed by atoms with Gasteiger partial charge in [0.15, 0.2) is 5.58 Å². The van der Waals surface area contributed by atoms with Crippen molar-refractivity contribution in [3.8, 4) is 22.3 Å². The largest absolute Gasteiger partial charge is 0.453 e. The number of nitrogens with one attached hydrogen (secondary N) is 1. The van der Waals surface area contributed by atoms with Crippen LogP contribution in [0.2, 0.25) is 0 Å². The van der Waals surface area contributed by atoms with Crippen LogP contribution in [0.4, 0.5) is 11.4 Å². The van der Waals surface area contributed by atoms with Gasteiger partial charge in [0.2, 0.25) is 0 Å². The molecule has 0 radical (unpaired) electrons. The van der Waals surface area contributed by atoms with Crippen LogP contribution in [-0.2, 0) is 5.41 Å². The third-order valence-electron chi connectivity index (χ3n) is 8.44. The Morgan fingerprint density at radius 2 is 1.31 bits per heavy atom. The molecule has 1 aliphatic carbocycles. The topological polar surface area (TPSA) is 25.2 Å². The fraction of sp³-hybridized carbons (Fsp3) is 0.0811. The van der Waals surface area contributed by atoms with Gasteiger partial charge in [-0.3, -0.25) is 0 Å². The lowest BCUT2D eigenvalue weighted by molar-refractivity contribution is 0.660. The van der Waals surface area contributed by atoms with Crippen LogP contribution >= 0.6 is 0 Å². The molecule has 0 fully saturated rings. The van der Waals surface area contributed by atoms with Gasteiger partial charge in [0, 0.05) is 27.4 Å². The molecule has 1 aromatic heterocycles. The van der Waals surface area contributed by atoms with E-state index in [4.69, 9.17) is 4.42 Å². The normalized spacial score (nSPS) is 13.6. The Kier molecular flexibility index (Phi) is 4.60. The van der Waals surface area contributed by atoms with E-state index in [9.17, 15) is 0 Å². The fourth-order valence-electron chi connectivity index (χ4n) is 6.52. The molecule has 0 amide bonds. The Balaban J connectivity index is 1.32. The monoisotopic (exact) mass is 501 g/mol. The third-order valence-corrected chi connectivity index (χ3v) is 8.44. The summed E-state index contributed by atoms with van der Waals surface area (Å²) in [6.45, 7) is 4.63. The minimum Gasteiger partial charge on any atom is -0.453 e. The highest BCUT2D eigenvalue weighted by atomic mass is 16.3. The number of rotatable bonds is 3. The summed E-state index contributed by atoms with van der Waals surface area (Å²) in [7, 11) is 0. The number of benzene rings is 6. The zero-order valence-corrected chi connectivity index (χ0v) is 22.0. The summed E-state index contributed by atoms with van der Waals surface area (Å²) in [5.74, 6) is 0. The first-order valence-electron chi connectivity index (χ1n) is 13.5. The molecule has 0 spiro atoms. The highest BCUT2D eigenvalue weighted by Gasteiger charge is 2.35. The summed E-state index contributed by atoms with van der Waals surface area (Å²) in [6, 6.07) is 43.3. The molecule has 2 nitrogen and oxygen atoms in total. The predicted molar refractivity (Wildman–Crippen MR) is 164 cm³/mol. The average Bonchev–Trinajstić information content (AvgIpc) is 3.48. The maximum Gasteiger partial charge on any atom is 0.158 e. The van der Waals surface area contributed by atoms with Crippen LogP contribution in [0.25, 0.3) is 55.0 Å². The number of furan rings is 1. The SMILES string of the molecule is CC1(C)c2ccccc2-c2ccc(Nc3cccc4c3oc3c(-c5ccccc5)cc5ccccc5c34)cc21. The Morgan fingerprint density at radius 1 is 0.564 bits per heavy atom. The molecule has 0 aliphatic heterocycles. The number of hydrogen-bond acceptors (Lipinski definition) is 2. The molecule has 1 heterocycles. The lowest BCUT2D eigenvalue weighted by Gasteiger charge is -2.22. The van der Waals surface area contributed by atoms with E-state index in [1.54, 1.807) is 0 Å². The van der Waals surface area contributed by atoms with Crippen LogP contribution in [0.3, 0.4) is 0 Å². The van der Waals surface area contributed by atoms with Gasteiger partial charge < -0.3 is 9.73 Å². The Hall–Kier alpha value is -4.82. The molecule has 39 heavy (non-hydrogen) atoms. The molecule has 7 aromatic rings. The Morgan fingerprint density at radius 3 is 2.21 bits per heavy atom. The molecule has 0 atom stereocenters. The first kappa shape index (κ1) is 22.2. The van der Waals surface area contributed by atoms with Crippen molar-refractivity contribution in [1.29, 1.82) is 0 Å². The molecule has 8 rings (SSSR count). The van der Waals surface area contributed by atoms with Crippen LogP contribution in [0.5, 0.6) is 0 Å². The summed E-state index contributed by atoms with van der Waals surface area (Å²) < 4.78 is 6.77. The van der Waals surface area contributed by atoms with E-state index in [1.807, 2.05) is 0 Å². The van der Waals surface area contributed by atoms with Crippen molar-refractivity contribution in [3.63, 3.8) is 0 Å². The molecular weight excluding hydrogens is 474 g/mol. The molecule has 2 heteroatoms. The van der Waals surface area contributed by atoms with Gasteiger partial charge in [0.25, 0.3) is 0 Å². The van der Waals surface area contributed by atoms with Crippen LogP contribution < -0.4 is 5.32 Å².